The predicted molar refractivity (Wildman–Crippen MR) is 101 cm³/mol. The predicted octanol–water partition coefficient (Wildman–Crippen LogP) is 2.80. The Labute approximate surface area is 150 Å². The Hall–Kier alpha value is -2.91. The van der Waals surface area contributed by atoms with Crippen molar-refractivity contribution < 1.29 is 4.42 Å². The minimum Gasteiger partial charge on any atom is -0.459 e. The maximum Gasteiger partial charge on any atom is 0.249 e. The van der Waals surface area contributed by atoms with Gasteiger partial charge in [0.15, 0.2) is 0 Å². The number of furan rings is 1. The number of nitrogens with one attached hydrogen (secondary N) is 1. The number of rotatable bonds is 4. The number of nitrogens with zero attached hydrogens (tertiary/aromatic N) is 1. The molecule has 134 valence electrons. The molecule has 0 aliphatic rings. The van der Waals surface area contributed by atoms with Crippen molar-refractivity contribution in [2.45, 2.75) is 39.8 Å². The summed E-state index contributed by atoms with van der Waals surface area (Å²) >= 11 is 0. The van der Waals surface area contributed by atoms with Crippen LogP contribution in [-0.4, -0.2) is 6.04 Å². The first-order valence-electron chi connectivity index (χ1n) is 8.42. The van der Waals surface area contributed by atoms with Crippen LogP contribution in [0.15, 0.2) is 38.3 Å². The SMILES string of the molecule is CC(Nc1c(C(N)c2cc3cc(C#N)ccc3o2)c(=O)c1=O)C(C)(C)C. The van der Waals surface area contributed by atoms with E-state index >= 15 is 0 Å². The molecule has 6 heteroatoms. The van der Waals surface area contributed by atoms with Gasteiger partial charge < -0.3 is 15.5 Å². The van der Waals surface area contributed by atoms with Crippen molar-refractivity contribution in [3.05, 3.63) is 61.6 Å². The second-order valence-corrected chi connectivity index (χ2v) is 7.67. The van der Waals surface area contributed by atoms with Crippen LogP contribution in [0.4, 0.5) is 5.69 Å². The molecule has 26 heavy (non-hydrogen) atoms. The summed E-state index contributed by atoms with van der Waals surface area (Å²) in [4.78, 5) is 24.2. The summed E-state index contributed by atoms with van der Waals surface area (Å²) in [5.41, 5.74) is 6.60. The summed E-state index contributed by atoms with van der Waals surface area (Å²) in [6.45, 7) is 8.09. The largest absolute Gasteiger partial charge is 0.459 e. The highest BCUT2D eigenvalue weighted by Gasteiger charge is 2.31. The Balaban J connectivity index is 1.97. The van der Waals surface area contributed by atoms with Gasteiger partial charge in [0.2, 0.25) is 10.9 Å². The van der Waals surface area contributed by atoms with Crippen molar-refractivity contribution in [3.8, 4) is 6.07 Å². The Morgan fingerprint density at radius 3 is 2.50 bits per heavy atom. The van der Waals surface area contributed by atoms with Crippen LogP contribution in [0.5, 0.6) is 0 Å². The minimum atomic E-state index is -0.840. The van der Waals surface area contributed by atoms with Crippen molar-refractivity contribution in [1.82, 2.24) is 0 Å². The first-order chi connectivity index (χ1) is 12.1. The van der Waals surface area contributed by atoms with Gasteiger partial charge in [-0.1, -0.05) is 20.8 Å². The van der Waals surface area contributed by atoms with Crippen molar-refractivity contribution in [2.24, 2.45) is 11.1 Å². The maximum atomic E-state index is 12.1. The molecular formula is C20H21N3O3. The summed E-state index contributed by atoms with van der Waals surface area (Å²) in [5.74, 6) is 0.383. The van der Waals surface area contributed by atoms with Crippen LogP contribution in [0.1, 0.15) is 50.6 Å². The van der Waals surface area contributed by atoms with Crippen LogP contribution >= 0.6 is 0 Å². The number of nitrogens with two attached hydrogens (primary N) is 1. The maximum absolute atomic E-state index is 12.1. The highest BCUT2D eigenvalue weighted by molar-refractivity contribution is 5.80. The van der Waals surface area contributed by atoms with Gasteiger partial charge in [-0.2, -0.15) is 5.26 Å². The summed E-state index contributed by atoms with van der Waals surface area (Å²) < 4.78 is 5.73. The molecule has 2 atom stereocenters. The second-order valence-electron chi connectivity index (χ2n) is 7.67. The van der Waals surface area contributed by atoms with Crippen molar-refractivity contribution in [1.29, 1.82) is 5.26 Å². The van der Waals surface area contributed by atoms with E-state index in [4.69, 9.17) is 15.4 Å². The molecule has 0 fully saturated rings. The lowest BCUT2D eigenvalue weighted by Crippen LogP contribution is -2.45. The number of hydrogen-bond acceptors (Lipinski definition) is 6. The lowest BCUT2D eigenvalue weighted by molar-refractivity contribution is 0.358. The zero-order chi connectivity index (χ0) is 19.2. The van der Waals surface area contributed by atoms with Crippen LogP contribution in [0.3, 0.4) is 0 Å². The summed E-state index contributed by atoms with van der Waals surface area (Å²) in [6, 6.07) is 7.94. The first kappa shape index (κ1) is 17.9. The molecule has 3 rings (SSSR count). The van der Waals surface area contributed by atoms with Gasteiger partial charge in [0.05, 0.1) is 28.9 Å². The fourth-order valence-corrected chi connectivity index (χ4v) is 2.71. The number of anilines is 1. The topological polar surface area (TPSA) is 109 Å². The van der Waals surface area contributed by atoms with Crippen LogP contribution in [0.25, 0.3) is 11.0 Å². The van der Waals surface area contributed by atoms with Crippen LogP contribution in [-0.2, 0) is 0 Å². The highest BCUT2D eigenvalue weighted by atomic mass is 16.3. The molecule has 6 nitrogen and oxygen atoms in total. The standard InChI is InChI=1S/C20H21N3O3/c1-10(20(2,3)4)23-17-15(18(24)19(17)25)16(22)14-8-12-7-11(9-21)5-6-13(12)26-14/h5-8,10,16,23H,22H2,1-4H3. The third kappa shape index (κ3) is 2.91. The summed E-state index contributed by atoms with van der Waals surface area (Å²) in [7, 11) is 0. The minimum absolute atomic E-state index is 0.0226. The summed E-state index contributed by atoms with van der Waals surface area (Å²) in [6.07, 6.45) is 0. The van der Waals surface area contributed by atoms with E-state index in [0.717, 1.165) is 5.39 Å². The van der Waals surface area contributed by atoms with E-state index in [9.17, 15) is 9.59 Å². The zero-order valence-corrected chi connectivity index (χ0v) is 15.2. The van der Waals surface area contributed by atoms with Gasteiger partial charge >= 0.3 is 0 Å². The average molecular weight is 351 g/mol. The van der Waals surface area contributed by atoms with Gasteiger partial charge in [0.25, 0.3) is 0 Å². The fourth-order valence-electron chi connectivity index (χ4n) is 2.71. The second kappa shape index (κ2) is 6.11. The molecule has 2 unspecified atom stereocenters. The molecular weight excluding hydrogens is 330 g/mol. The van der Waals surface area contributed by atoms with Crippen LogP contribution in [0, 0.1) is 16.7 Å². The Bertz CT molecular complexity index is 1090. The molecule has 0 amide bonds. The van der Waals surface area contributed by atoms with Crippen LogP contribution < -0.4 is 21.9 Å². The van der Waals surface area contributed by atoms with E-state index in [1.165, 1.54) is 0 Å². The lowest BCUT2D eigenvalue weighted by atomic mass is 9.87. The van der Waals surface area contributed by atoms with Crippen molar-refractivity contribution in [2.75, 3.05) is 5.32 Å². The van der Waals surface area contributed by atoms with Gasteiger partial charge in [-0.15, -0.1) is 0 Å². The molecule has 0 radical (unpaired) electrons. The van der Waals surface area contributed by atoms with Crippen molar-refractivity contribution in [3.63, 3.8) is 0 Å². The molecule has 0 aliphatic heterocycles. The number of hydrogen-bond donors (Lipinski definition) is 2. The lowest BCUT2D eigenvalue weighted by Gasteiger charge is -2.30. The number of nitriles is 1. The zero-order valence-electron chi connectivity index (χ0n) is 15.2. The quantitative estimate of drug-likeness (QED) is 0.700. The third-order valence-electron chi connectivity index (χ3n) is 4.89. The summed E-state index contributed by atoms with van der Waals surface area (Å²) in [5, 5.41) is 12.9. The molecule has 0 aliphatic carbocycles. The van der Waals surface area contributed by atoms with Crippen molar-refractivity contribution >= 4 is 16.7 Å². The third-order valence-corrected chi connectivity index (χ3v) is 4.89. The van der Waals surface area contributed by atoms with E-state index in [-0.39, 0.29) is 22.7 Å². The highest BCUT2D eigenvalue weighted by Crippen LogP contribution is 2.30. The van der Waals surface area contributed by atoms with E-state index in [0.29, 0.717) is 16.9 Å². The molecule has 2 aromatic carbocycles. The van der Waals surface area contributed by atoms with Gasteiger partial charge in [0, 0.05) is 11.4 Å². The van der Waals surface area contributed by atoms with Gasteiger partial charge in [-0.05, 0) is 36.6 Å². The normalized spacial score (nSPS) is 14.3. The molecule has 3 aromatic rings. The Morgan fingerprint density at radius 1 is 1.19 bits per heavy atom. The molecule has 0 saturated heterocycles. The van der Waals surface area contributed by atoms with Gasteiger partial charge in [-0.3, -0.25) is 9.59 Å². The van der Waals surface area contributed by atoms with E-state index in [1.807, 2.05) is 27.7 Å². The smallest absolute Gasteiger partial charge is 0.249 e. The van der Waals surface area contributed by atoms with E-state index in [1.54, 1.807) is 24.3 Å². The van der Waals surface area contributed by atoms with Gasteiger partial charge in [0.1, 0.15) is 11.3 Å². The fraction of sp³-hybridized carbons (Fsp3) is 0.350. The molecule has 1 aromatic heterocycles. The molecule has 0 saturated carbocycles. The average Bonchev–Trinajstić information content (AvgIpc) is 3.02. The molecule has 0 bridgehead atoms. The number of benzene rings is 1. The first-order valence-corrected chi connectivity index (χ1v) is 8.42. The van der Waals surface area contributed by atoms with E-state index < -0.39 is 16.9 Å². The Morgan fingerprint density at radius 2 is 1.88 bits per heavy atom. The number of fused-ring (bicyclic) bond motifs is 1. The van der Waals surface area contributed by atoms with Gasteiger partial charge in [-0.25, -0.2) is 0 Å². The molecule has 0 spiro atoms. The molecule has 1 heterocycles. The molecule has 3 N–H and O–H groups in total. The Kier molecular flexibility index (Phi) is 4.21. The van der Waals surface area contributed by atoms with E-state index in [2.05, 4.69) is 11.4 Å². The van der Waals surface area contributed by atoms with Crippen LogP contribution in [0.2, 0.25) is 0 Å². The monoisotopic (exact) mass is 351 g/mol.